The first kappa shape index (κ1) is 24.4. The van der Waals surface area contributed by atoms with Crippen LogP contribution in [0.25, 0.3) is 16.7 Å². The first-order valence-corrected chi connectivity index (χ1v) is 12.6. The van der Waals surface area contributed by atoms with Crippen molar-refractivity contribution in [3.8, 4) is 22.9 Å². The molecule has 0 spiro atoms. The highest BCUT2D eigenvalue weighted by Crippen LogP contribution is 2.41. The van der Waals surface area contributed by atoms with E-state index in [2.05, 4.69) is 19.9 Å². The Labute approximate surface area is 225 Å². The summed E-state index contributed by atoms with van der Waals surface area (Å²) >= 11 is 0. The summed E-state index contributed by atoms with van der Waals surface area (Å²) in [6, 6.07) is 22.8. The van der Waals surface area contributed by atoms with Crippen LogP contribution in [0.3, 0.4) is 0 Å². The van der Waals surface area contributed by atoms with Crippen LogP contribution in [0.5, 0.6) is 17.2 Å². The number of carbonyl (C=O) groups is 1. The molecule has 0 saturated carbocycles. The Balaban J connectivity index is 1.20. The number of nitrogens with two attached hydrogens (primary N) is 1. The largest absolute Gasteiger partial charge is 0.489 e. The van der Waals surface area contributed by atoms with Gasteiger partial charge in [0.25, 0.3) is 0 Å². The molecule has 3 aromatic carbocycles. The third kappa shape index (κ3) is 4.75. The first-order valence-electron chi connectivity index (χ1n) is 12.6. The highest BCUT2D eigenvalue weighted by molar-refractivity contribution is 5.91. The van der Waals surface area contributed by atoms with Crippen LogP contribution >= 0.6 is 0 Å². The van der Waals surface area contributed by atoms with Gasteiger partial charge >= 0.3 is 0 Å². The van der Waals surface area contributed by atoms with Gasteiger partial charge < -0.3 is 29.8 Å². The molecular weight excluding hydrogens is 494 g/mol. The summed E-state index contributed by atoms with van der Waals surface area (Å²) in [6.07, 6.45) is 1.43. The number of rotatable bonds is 7. The van der Waals surface area contributed by atoms with Gasteiger partial charge in [-0.05, 0) is 49.4 Å². The summed E-state index contributed by atoms with van der Waals surface area (Å²) < 4.78 is 20.1. The predicted molar refractivity (Wildman–Crippen MR) is 148 cm³/mol. The number of hydrogen-bond donors (Lipinski definition) is 2. The number of hydrogen-bond acceptors (Lipinski definition) is 7. The molecule has 1 aliphatic heterocycles. The van der Waals surface area contributed by atoms with Crippen molar-refractivity contribution >= 4 is 28.4 Å². The average Bonchev–Trinajstić information content (AvgIpc) is 3.47. The molecule has 0 bridgehead atoms. The maximum atomic E-state index is 11.5. The van der Waals surface area contributed by atoms with Gasteiger partial charge in [0.2, 0.25) is 5.91 Å². The molecule has 2 aromatic heterocycles. The number of nitrogens with one attached hydrogen (secondary N) is 1. The molecule has 5 aromatic rings. The van der Waals surface area contributed by atoms with E-state index < -0.39 is 0 Å². The van der Waals surface area contributed by atoms with Gasteiger partial charge in [-0.3, -0.25) is 4.79 Å². The molecule has 3 heterocycles. The lowest BCUT2D eigenvalue weighted by Gasteiger charge is -2.13. The average molecular weight is 522 g/mol. The van der Waals surface area contributed by atoms with Crippen LogP contribution in [0.4, 0.5) is 11.5 Å². The van der Waals surface area contributed by atoms with Crippen LogP contribution in [0.15, 0.2) is 79.1 Å². The van der Waals surface area contributed by atoms with E-state index >= 15 is 0 Å². The molecule has 1 aliphatic rings. The monoisotopic (exact) mass is 521 g/mol. The van der Waals surface area contributed by atoms with Crippen molar-refractivity contribution in [3.63, 3.8) is 0 Å². The van der Waals surface area contributed by atoms with E-state index in [1.54, 1.807) is 0 Å². The highest BCUT2D eigenvalue weighted by atomic mass is 16.5. The van der Waals surface area contributed by atoms with Crippen molar-refractivity contribution < 1.29 is 19.0 Å². The van der Waals surface area contributed by atoms with Crippen LogP contribution in [0, 0.1) is 0 Å². The van der Waals surface area contributed by atoms with Gasteiger partial charge in [-0.2, -0.15) is 0 Å². The van der Waals surface area contributed by atoms with Crippen molar-refractivity contribution in [2.24, 2.45) is 0 Å². The van der Waals surface area contributed by atoms with Gasteiger partial charge in [0.1, 0.15) is 41.2 Å². The Morgan fingerprint density at radius 2 is 1.85 bits per heavy atom. The molecule has 196 valence electrons. The number of nitrogen functional groups attached to an aromatic ring is 1. The van der Waals surface area contributed by atoms with E-state index in [1.807, 2.05) is 79.7 Å². The predicted octanol–water partition coefficient (Wildman–Crippen LogP) is 5.92. The number of para-hydroxylation sites is 1. The lowest BCUT2D eigenvalue weighted by molar-refractivity contribution is -0.114. The molecule has 6 rings (SSSR count). The first-order chi connectivity index (χ1) is 19.0. The maximum absolute atomic E-state index is 11.5. The fraction of sp³-hybridized carbons (Fsp3) is 0.167. The number of aromatic nitrogens is 3. The van der Waals surface area contributed by atoms with Crippen molar-refractivity contribution in [2.45, 2.75) is 33.2 Å². The summed E-state index contributed by atoms with van der Waals surface area (Å²) in [4.78, 5) is 20.2. The third-order valence-corrected chi connectivity index (χ3v) is 6.65. The minimum atomic E-state index is -0.127. The van der Waals surface area contributed by atoms with Crippen molar-refractivity contribution in [1.82, 2.24) is 14.5 Å². The summed E-state index contributed by atoms with van der Waals surface area (Å²) in [6.45, 7) is 4.28. The zero-order valence-corrected chi connectivity index (χ0v) is 21.5. The minimum Gasteiger partial charge on any atom is -0.489 e. The van der Waals surface area contributed by atoms with E-state index in [4.69, 9.17) is 19.9 Å². The molecule has 3 N–H and O–H groups in total. The third-order valence-electron chi connectivity index (χ3n) is 6.65. The Bertz CT molecular complexity index is 1680. The van der Waals surface area contributed by atoms with Gasteiger partial charge in [-0.1, -0.05) is 24.3 Å². The summed E-state index contributed by atoms with van der Waals surface area (Å²) in [5.41, 5.74) is 12.5. The van der Waals surface area contributed by atoms with Crippen molar-refractivity contribution in [1.29, 1.82) is 0 Å². The summed E-state index contributed by atoms with van der Waals surface area (Å²) in [5.74, 6) is 2.27. The molecule has 1 atom stereocenters. The fourth-order valence-electron chi connectivity index (χ4n) is 4.89. The van der Waals surface area contributed by atoms with Gasteiger partial charge in [-0.15, -0.1) is 0 Å². The SMILES string of the molecule is CC(=O)Nc1ccccc1COc1cccc(Oc2ccc(-n3c4c(c5ncnc(N)c53)C(C)OC4)cc2)c1. The van der Waals surface area contributed by atoms with Gasteiger partial charge in [0.15, 0.2) is 5.82 Å². The molecule has 1 unspecified atom stereocenters. The van der Waals surface area contributed by atoms with Crippen LogP contribution in [0.1, 0.15) is 36.8 Å². The number of carbonyl (C=O) groups excluding carboxylic acids is 1. The van der Waals surface area contributed by atoms with Gasteiger partial charge in [-0.25, -0.2) is 9.97 Å². The summed E-state index contributed by atoms with van der Waals surface area (Å²) in [7, 11) is 0. The van der Waals surface area contributed by atoms with Crippen LogP contribution in [-0.4, -0.2) is 20.4 Å². The Morgan fingerprint density at radius 3 is 2.67 bits per heavy atom. The topological polar surface area (TPSA) is 114 Å². The van der Waals surface area contributed by atoms with Crippen LogP contribution < -0.4 is 20.5 Å². The number of benzene rings is 3. The second-order valence-electron chi connectivity index (χ2n) is 9.30. The van der Waals surface area contributed by atoms with Crippen molar-refractivity contribution in [2.75, 3.05) is 11.1 Å². The zero-order valence-electron chi connectivity index (χ0n) is 21.5. The van der Waals surface area contributed by atoms with Crippen molar-refractivity contribution in [3.05, 3.63) is 95.9 Å². The number of amides is 1. The maximum Gasteiger partial charge on any atom is 0.221 e. The van der Waals surface area contributed by atoms with Gasteiger partial charge in [0.05, 0.1) is 18.4 Å². The van der Waals surface area contributed by atoms with Crippen LogP contribution in [-0.2, 0) is 22.7 Å². The van der Waals surface area contributed by atoms with Gasteiger partial charge in [0, 0.05) is 35.5 Å². The molecule has 39 heavy (non-hydrogen) atoms. The molecule has 0 radical (unpaired) electrons. The fourth-order valence-corrected chi connectivity index (χ4v) is 4.89. The van der Waals surface area contributed by atoms with Crippen LogP contribution in [0.2, 0.25) is 0 Å². The standard InChI is InChI=1S/C30H27N5O4/c1-18-27-26(16-37-18)35(29-28(27)32-17-33-30(29)31)21-10-12-22(13-11-21)39-24-8-5-7-23(14-24)38-15-20-6-3-4-9-25(20)34-19(2)36/h3-14,17-18H,15-16H2,1-2H3,(H,34,36)(H2,31,32,33). The van der Waals surface area contributed by atoms with E-state index in [0.717, 1.165) is 39.2 Å². The Kier molecular flexibility index (Phi) is 6.34. The molecule has 9 nitrogen and oxygen atoms in total. The molecule has 1 amide bonds. The molecule has 0 aliphatic carbocycles. The number of nitrogens with zero attached hydrogens (tertiary/aromatic N) is 3. The molecule has 0 saturated heterocycles. The lowest BCUT2D eigenvalue weighted by Crippen LogP contribution is -2.09. The normalized spacial score (nSPS) is 14.3. The zero-order chi connectivity index (χ0) is 26.9. The van der Waals surface area contributed by atoms with E-state index in [9.17, 15) is 4.79 Å². The van der Waals surface area contributed by atoms with E-state index in [1.165, 1.54) is 13.3 Å². The minimum absolute atomic E-state index is 0.0611. The highest BCUT2D eigenvalue weighted by Gasteiger charge is 2.30. The lowest BCUT2D eigenvalue weighted by atomic mass is 10.1. The second kappa shape index (κ2) is 10.1. The molecule has 9 heteroatoms. The number of ether oxygens (including phenoxy) is 3. The quantitative estimate of drug-likeness (QED) is 0.273. The van der Waals surface area contributed by atoms with E-state index in [0.29, 0.717) is 36.3 Å². The Hall–Kier alpha value is -4.89. The smallest absolute Gasteiger partial charge is 0.221 e. The van der Waals surface area contributed by atoms with E-state index in [-0.39, 0.29) is 12.0 Å². The number of fused-ring (bicyclic) bond motifs is 3. The second-order valence-corrected chi connectivity index (χ2v) is 9.30. The molecule has 0 fully saturated rings. The summed E-state index contributed by atoms with van der Waals surface area (Å²) in [5, 5.41) is 2.83. The molecular formula is C30H27N5O4. The number of anilines is 2. The Morgan fingerprint density at radius 1 is 1.05 bits per heavy atom.